The average molecular weight is 303 g/mol. The number of nitrogens with zero attached hydrogens (tertiary/aromatic N) is 3. The molecule has 23 heavy (non-hydrogen) atoms. The van der Waals surface area contributed by atoms with Crippen LogP contribution in [0.4, 0.5) is 0 Å². The van der Waals surface area contributed by atoms with Gasteiger partial charge in [0.2, 0.25) is 0 Å². The van der Waals surface area contributed by atoms with E-state index in [4.69, 9.17) is 0 Å². The summed E-state index contributed by atoms with van der Waals surface area (Å²) in [5.74, 6) is 0.692. The Morgan fingerprint density at radius 1 is 0.957 bits per heavy atom. The molecule has 0 spiro atoms. The second kappa shape index (κ2) is 6.92. The minimum absolute atomic E-state index is 0.0469. The Balaban J connectivity index is 1.68. The van der Waals surface area contributed by atoms with Crippen molar-refractivity contribution in [2.75, 3.05) is 0 Å². The number of ketones is 1. The summed E-state index contributed by atoms with van der Waals surface area (Å²) in [6.07, 6.45) is 8.37. The molecule has 0 aliphatic carbocycles. The van der Waals surface area contributed by atoms with Crippen molar-refractivity contribution < 1.29 is 4.79 Å². The first-order valence-electron chi connectivity index (χ1n) is 7.53. The SMILES string of the molecule is Cc1cccc(C(=O)c2cnc(CCc3ccncc3)nc2)c1. The molecule has 3 rings (SSSR count). The Morgan fingerprint density at radius 2 is 1.70 bits per heavy atom. The summed E-state index contributed by atoms with van der Waals surface area (Å²) >= 11 is 0. The van der Waals surface area contributed by atoms with Gasteiger partial charge >= 0.3 is 0 Å². The maximum absolute atomic E-state index is 12.4. The molecule has 0 fully saturated rings. The second-order valence-corrected chi connectivity index (χ2v) is 5.44. The van der Waals surface area contributed by atoms with Crippen molar-refractivity contribution in [2.45, 2.75) is 19.8 Å². The Labute approximate surface area is 135 Å². The third-order valence-electron chi connectivity index (χ3n) is 3.63. The summed E-state index contributed by atoms with van der Waals surface area (Å²) in [6.45, 7) is 1.97. The fourth-order valence-corrected chi connectivity index (χ4v) is 2.36. The van der Waals surface area contributed by atoms with Gasteiger partial charge in [-0.2, -0.15) is 0 Å². The predicted molar refractivity (Wildman–Crippen MR) is 88.3 cm³/mol. The van der Waals surface area contributed by atoms with Crippen molar-refractivity contribution in [3.63, 3.8) is 0 Å². The highest BCUT2D eigenvalue weighted by Crippen LogP contribution is 2.11. The van der Waals surface area contributed by atoms with Crippen molar-refractivity contribution in [1.82, 2.24) is 15.0 Å². The van der Waals surface area contributed by atoms with Crippen LogP contribution in [0, 0.1) is 6.92 Å². The van der Waals surface area contributed by atoms with Crippen LogP contribution in [0.25, 0.3) is 0 Å². The summed E-state index contributed by atoms with van der Waals surface area (Å²) in [5, 5.41) is 0. The minimum atomic E-state index is -0.0469. The van der Waals surface area contributed by atoms with Crippen molar-refractivity contribution in [2.24, 2.45) is 0 Å². The molecule has 1 aromatic carbocycles. The summed E-state index contributed by atoms with van der Waals surface area (Å²) in [6, 6.07) is 11.5. The Bertz CT molecular complexity index is 798. The number of pyridine rings is 1. The lowest BCUT2D eigenvalue weighted by atomic mass is 10.0. The van der Waals surface area contributed by atoms with Crippen molar-refractivity contribution >= 4 is 5.78 Å². The predicted octanol–water partition coefficient (Wildman–Crippen LogP) is 3.20. The van der Waals surface area contributed by atoms with Crippen LogP contribution < -0.4 is 0 Å². The van der Waals surface area contributed by atoms with Crippen LogP contribution in [0.1, 0.15) is 32.9 Å². The molecule has 0 aliphatic heterocycles. The number of hydrogen-bond acceptors (Lipinski definition) is 4. The molecule has 2 heterocycles. The van der Waals surface area contributed by atoms with Crippen LogP contribution >= 0.6 is 0 Å². The topological polar surface area (TPSA) is 55.7 Å². The van der Waals surface area contributed by atoms with E-state index < -0.39 is 0 Å². The van der Waals surface area contributed by atoms with Crippen LogP contribution in [-0.2, 0) is 12.8 Å². The lowest BCUT2D eigenvalue weighted by Gasteiger charge is -2.04. The number of benzene rings is 1. The zero-order valence-electron chi connectivity index (χ0n) is 12.9. The van der Waals surface area contributed by atoms with Crippen molar-refractivity contribution in [1.29, 1.82) is 0 Å². The molecule has 4 heteroatoms. The Morgan fingerprint density at radius 3 is 2.39 bits per heavy atom. The highest BCUT2D eigenvalue weighted by Gasteiger charge is 2.10. The first-order chi connectivity index (χ1) is 11.2. The maximum Gasteiger partial charge on any atom is 0.196 e. The summed E-state index contributed by atoms with van der Waals surface area (Å²) in [4.78, 5) is 25.0. The lowest BCUT2D eigenvalue weighted by molar-refractivity contribution is 0.103. The number of aromatic nitrogens is 3. The van der Waals surface area contributed by atoms with Gasteiger partial charge in [-0.3, -0.25) is 9.78 Å². The largest absolute Gasteiger partial charge is 0.288 e. The Kier molecular flexibility index (Phi) is 4.52. The molecule has 0 atom stereocenters. The highest BCUT2D eigenvalue weighted by atomic mass is 16.1. The van der Waals surface area contributed by atoms with E-state index in [1.165, 1.54) is 5.56 Å². The van der Waals surface area contributed by atoms with Gasteiger partial charge in [0.05, 0.1) is 5.56 Å². The molecule has 0 amide bonds. The van der Waals surface area contributed by atoms with E-state index in [-0.39, 0.29) is 5.78 Å². The summed E-state index contributed by atoms with van der Waals surface area (Å²) in [7, 11) is 0. The van der Waals surface area contributed by atoms with Crippen molar-refractivity contribution in [3.05, 3.63) is 89.3 Å². The average Bonchev–Trinajstić information content (AvgIpc) is 2.61. The molecule has 0 radical (unpaired) electrons. The van der Waals surface area contributed by atoms with Crippen LogP contribution in [0.2, 0.25) is 0 Å². The third-order valence-corrected chi connectivity index (χ3v) is 3.63. The molecule has 0 saturated heterocycles. The van der Waals surface area contributed by atoms with E-state index in [1.807, 2.05) is 43.3 Å². The second-order valence-electron chi connectivity index (χ2n) is 5.44. The number of rotatable bonds is 5. The Hall–Kier alpha value is -2.88. The highest BCUT2D eigenvalue weighted by molar-refractivity contribution is 6.08. The zero-order chi connectivity index (χ0) is 16.1. The molecule has 114 valence electrons. The van der Waals surface area contributed by atoms with Crippen LogP contribution in [-0.4, -0.2) is 20.7 Å². The van der Waals surface area contributed by atoms with E-state index >= 15 is 0 Å². The fourth-order valence-electron chi connectivity index (χ4n) is 2.36. The molecule has 0 N–H and O–H groups in total. The maximum atomic E-state index is 12.4. The molecule has 3 aromatic rings. The van der Waals surface area contributed by atoms with Crippen LogP contribution in [0.3, 0.4) is 0 Å². The molecular formula is C19H17N3O. The quantitative estimate of drug-likeness (QED) is 0.679. The molecular weight excluding hydrogens is 286 g/mol. The van der Waals surface area contributed by atoms with Gasteiger partial charge in [0.15, 0.2) is 5.78 Å². The van der Waals surface area contributed by atoms with Crippen LogP contribution in [0.5, 0.6) is 0 Å². The molecule has 0 saturated carbocycles. The summed E-state index contributed by atoms with van der Waals surface area (Å²) in [5.41, 5.74) is 3.44. The van der Waals surface area contributed by atoms with Gasteiger partial charge in [-0.05, 0) is 37.1 Å². The molecule has 0 unspecified atom stereocenters. The number of hydrogen-bond donors (Lipinski definition) is 0. The van der Waals surface area contributed by atoms with E-state index in [9.17, 15) is 4.79 Å². The fraction of sp³-hybridized carbons (Fsp3) is 0.158. The normalized spacial score (nSPS) is 10.5. The summed E-state index contributed by atoms with van der Waals surface area (Å²) < 4.78 is 0. The molecule has 4 nitrogen and oxygen atoms in total. The van der Waals surface area contributed by atoms with E-state index in [0.29, 0.717) is 11.1 Å². The van der Waals surface area contributed by atoms with Gasteiger partial charge in [-0.15, -0.1) is 0 Å². The standard InChI is InChI=1S/C19H17N3O/c1-14-3-2-4-16(11-14)19(23)17-12-21-18(22-13-17)6-5-15-7-9-20-10-8-15/h2-4,7-13H,5-6H2,1H3. The van der Waals surface area contributed by atoms with E-state index in [2.05, 4.69) is 15.0 Å². The zero-order valence-corrected chi connectivity index (χ0v) is 12.9. The van der Waals surface area contributed by atoms with Crippen molar-refractivity contribution in [3.8, 4) is 0 Å². The van der Waals surface area contributed by atoms with Gasteiger partial charge in [0.25, 0.3) is 0 Å². The van der Waals surface area contributed by atoms with Gasteiger partial charge in [-0.25, -0.2) is 9.97 Å². The van der Waals surface area contributed by atoms with Gasteiger partial charge in [0.1, 0.15) is 5.82 Å². The first-order valence-corrected chi connectivity index (χ1v) is 7.53. The minimum Gasteiger partial charge on any atom is -0.288 e. The smallest absolute Gasteiger partial charge is 0.196 e. The first kappa shape index (κ1) is 15.0. The molecule has 0 bridgehead atoms. The van der Waals surface area contributed by atoms with Gasteiger partial charge in [-0.1, -0.05) is 23.8 Å². The van der Waals surface area contributed by atoms with Crippen LogP contribution in [0.15, 0.2) is 61.2 Å². The van der Waals surface area contributed by atoms with E-state index in [0.717, 1.165) is 24.2 Å². The third kappa shape index (κ3) is 3.86. The molecule has 2 aromatic heterocycles. The van der Waals surface area contributed by atoms with Gasteiger partial charge in [0, 0.05) is 36.8 Å². The monoisotopic (exact) mass is 303 g/mol. The number of carbonyl (C=O) groups excluding carboxylic acids is 1. The number of carbonyl (C=O) groups is 1. The lowest BCUT2D eigenvalue weighted by Crippen LogP contribution is -2.05. The number of aryl methyl sites for hydroxylation is 3. The van der Waals surface area contributed by atoms with E-state index in [1.54, 1.807) is 24.8 Å². The molecule has 0 aliphatic rings. The van der Waals surface area contributed by atoms with Gasteiger partial charge < -0.3 is 0 Å².